The fraction of sp³-hybridized carbons (Fsp3) is 0.467. The zero-order valence-electron chi connectivity index (χ0n) is 12.5. The molecule has 0 spiro atoms. The molecule has 0 aliphatic carbocycles. The van der Waals surface area contributed by atoms with Gasteiger partial charge in [-0.3, -0.25) is 0 Å². The highest BCUT2D eigenvalue weighted by Crippen LogP contribution is 2.34. The van der Waals surface area contributed by atoms with Gasteiger partial charge in [0.05, 0.1) is 11.5 Å². The second-order valence-electron chi connectivity index (χ2n) is 6.22. The summed E-state index contributed by atoms with van der Waals surface area (Å²) in [5.74, 6) is 0. The molecule has 0 atom stereocenters. The molecule has 0 aliphatic rings. The number of fused-ring (bicyclic) bond motifs is 1. The second-order valence-corrected chi connectivity index (χ2v) is 9.06. The normalized spacial score (nSPS) is 13.0. The summed E-state index contributed by atoms with van der Waals surface area (Å²) in [6.07, 6.45) is 0.753. The van der Waals surface area contributed by atoms with Crippen molar-refractivity contribution in [1.82, 2.24) is 4.72 Å². The van der Waals surface area contributed by atoms with Gasteiger partial charge in [0, 0.05) is 16.6 Å². The van der Waals surface area contributed by atoms with Crippen molar-refractivity contribution < 1.29 is 13.5 Å². The number of nitrogens with one attached hydrogen (secondary N) is 1. The molecule has 4 nitrogen and oxygen atoms in total. The van der Waals surface area contributed by atoms with Gasteiger partial charge in [-0.25, -0.2) is 13.1 Å². The summed E-state index contributed by atoms with van der Waals surface area (Å²) in [6.45, 7) is 6.33. The molecule has 1 heterocycles. The quantitative estimate of drug-likeness (QED) is 0.887. The van der Waals surface area contributed by atoms with Crippen molar-refractivity contribution in [2.45, 2.75) is 38.7 Å². The molecule has 21 heavy (non-hydrogen) atoms. The van der Waals surface area contributed by atoms with Crippen molar-refractivity contribution >= 4 is 31.4 Å². The van der Waals surface area contributed by atoms with Crippen LogP contribution in [0.4, 0.5) is 0 Å². The average Bonchev–Trinajstić information content (AvgIpc) is 2.75. The Kier molecular flexibility index (Phi) is 4.72. The van der Waals surface area contributed by atoms with Crippen LogP contribution in [-0.2, 0) is 16.6 Å². The van der Waals surface area contributed by atoms with Crippen molar-refractivity contribution in [2.24, 2.45) is 5.41 Å². The molecule has 0 fully saturated rings. The Labute approximate surface area is 129 Å². The molecular weight excluding hydrogens is 306 g/mol. The summed E-state index contributed by atoms with van der Waals surface area (Å²) in [5, 5.41) is 10.1. The molecule has 0 unspecified atom stereocenters. The molecular formula is C15H21NO3S2. The average molecular weight is 327 g/mol. The lowest BCUT2D eigenvalue weighted by Crippen LogP contribution is -2.28. The standard InChI is InChI=1S/C15H21NO3S2/c1-15(2,3)8-9-16-21(18,19)14-11-6-4-5-7-12(11)20-13(14)10-17/h4-7,16-17H,8-10H2,1-3H3. The zero-order chi connectivity index (χ0) is 15.7. The van der Waals surface area contributed by atoms with E-state index >= 15 is 0 Å². The minimum Gasteiger partial charge on any atom is -0.391 e. The van der Waals surface area contributed by atoms with E-state index in [0.29, 0.717) is 16.8 Å². The fourth-order valence-electron chi connectivity index (χ4n) is 2.10. The number of aliphatic hydroxyl groups excluding tert-OH is 1. The molecule has 2 aromatic rings. The SMILES string of the molecule is CC(C)(C)CCNS(=O)(=O)c1c(CO)sc2ccccc12. The van der Waals surface area contributed by atoms with Crippen molar-refractivity contribution in [3.05, 3.63) is 29.1 Å². The number of benzene rings is 1. The van der Waals surface area contributed by atoms with E-state index in [1.54, 1.807) is 6.07 Å². The Morgan fingerprint density at radius 2 is 1.90 bits per heavy atom. The summed E-state index contributed by atoms with van der Waals surface area (Å²) < 4.78 is 28.6. The number of sulfonamides is 1. The minimum atomic E-state index is -3.61. The molecule has 6 heteroatoms. The van der Waals surface area contributed by atoms with Gasteiger partial charge in [0.2, 0.25) is 10.0 Å². The van der Waals surface area contributed by atoms with Gasteiger partial charge in [-0.05, 0) is 17.9 Å². The van der Waals surface area contributed by atoms with Crippen LogP contribution in [0, 0.1) is 5.41 Å². The van der Waals surface area contributed by atoms with Crippen LogP contribution in [0.25, 0.3) is 10.1 Å². The third-order valence-electron chi connectivity index (χ3n) is 3.20. The maximum atomic E-state index is 12.6. The summed E-state index contributed by atoms with van der Waals surface area (Å²) in [7, 11) is -3.61. The first kappa shape index (κ1) is 16.4. The molecule has 1 aromatic heterocycles. The first-order valence-corrected chi connectivity index (χ1v) is 9.15. The number of aliphatic hydroxyl groups is 1. The van der Waals surface area contributed by atoms with Crippen LogP contribution < -0.4 is 4.72 Å². The molecule has 116 valence electrons. The smallest absolute Gasteiger partial charge is 0.242 e. The van der Waals surface area contributed by atoms with E-state index in [1.165, 1.54) is 11.3 Å². The first-order valence-electron chi connectivity index (χ1n) is 6.85. The van der Waals surface area contributed by atoms with Gasteiger partial charge in [0.1, 0.15) is 4.90 Å². The Hall–Kier alpha value is -0.950. The van der Waals surface area contributed by atoms with E-state index in [2.05, 4.69) is 25.5 Å². The summed E-state index contributed by atoms with van der Waals surface area (Å²) in [5.41, 5.74) is 0.0685. The third-order valence-corrected chi connectivity index (χ3v) is 6.07. The highest BCUT2D eigenvalue weighted by atomic mass is 32.2. The van der Waals surface area contributed by atoms with Gasteiger partial charge in [-0.2, -0.15) is 0 Å². The minimum absolute atomic E-state index is 0.0685. The maximum Gasteiger partial charge on any atom is 0.242 e. The number of hydrogen-bond acceptors (Lipinski definition) is 4. The molecule has 0 bridgehead atoms. The predicted octanol–water partition coefficient (Wildman–Crippen LogP) is 3.11. The maximum absolute atomic E-state index is 12.6. The van der Waals surface area contributed by atoms with E-state index in [4.69, 9.17) is 0 Å². The lowest BCUT2D eigenvalue weighted by Gasteiger charge is -2.18. The highest BCUT2D eigenvalue weighted by Gasteiger charge is 2.24. The van der Waals surface area contributed by atoms with Gasteiger partial charge in [0.15, 0.2) is 0 Å². The van der Waals surface area contributed by atoms with Crippen LogP contribution in [0.5, 0.6) is 0 Å². The van der Waals surface area contributed by atoms with Crippen molar-refractivity contribution in [2.75, 3.05) is 6.54 Å². The monoisotopic (exact) mass is 327 g/mol. The third kappa shape index (κ3) is 3.83. The van der Waals surface area contributed by atoms with Crippen molar-refractivity contribution in [3.8, 4) is 0 Å². The molecule has 0 radical (unpaired) electrons. The van der Waals surface area contributed by atoms with Crippen LogP contribution in [0.2, 0.25) is 0 Å². The summed E-state index contributed by atoms with van der Waals surface area (Å²) in [4.78, 5) is 0.707. The summed E-state index contributed by atoms with van der Waals surface area (Å²) in [6, 6.07) is 7.32. The predicted molar refractivity (Wildman–Crippen MR) is 87.0 cm³/mol. The number of hydrogen-bond donors (Lipinski definition) is 2. The second kappa shape index (κ2) is 6.04. The Morgan fingerprint density at radius 3 is 2.52 bits per heavy atom. The highest BCUT2D eigenvalue weighted by molar-refractivity contribution is 7.90. The topological polar surface area (TPSA) is 66.4 Å². The zero-order valence-corrected chi connectivity index (χ0v) is 14.1. The first-order chi connectivity index (χ1) is 9.74. The van der Waals surface area contributed by atoms with Crippen molar-refractivity contribution in [1.29, 1.82) is 0 Å². The molecule has 2 rings (SSSR count). The Balaban J connectivity index is 2.35. The summed E-state index contributed by atoms with van der Waals surface area (Å²) >= 11 is 1.32. The van der Waals surface area contributed by atoms with Gasteiger partial charge >= 0.3 is 0 Å². The van der Waals surface area contributed by atoms with Crippen molar-refractivity contribution in [3.63, 3.8) is 0 Å². The molecule has 1 aromatic carbocycles. The largest absolute Gasteiger partial charge is 0.391 e. The number of rotatable bonds is 5. The molecule has 0 amide bonds. The fourth-order valence-corrected chi connectivity index (χ4v) is 4.93. The van der Waals surface area contributed by atoms with E-state index in [0.717, 1.165) is 11.1 Å². The molecule has 2 N–H and O–H groups in total. The van der Waals surface area contributed by atoms with E-state index in [-0.39, 0.29) is 16.9 Å². The van der Waals surface area contributed by atoms with Crippen LogP contribution in [-0.4, -0.2) is 20.1 Å². The molecule has 0 saturated heterocycles. The molecule has 0 saturated carbocycles. The van der Waals surface area contributed by atoms with Gasteiger partial charge < -0.3 is 5.11 Å². The lowest BCUT2D eigenvalue weighted by molar-refractivity contribution is 0.282. The van der Waals surface area contributed by atoms with Crippen LogP contribution in [0.3, 0.4) is 0 Å². The molecule has 0 aliphatic heterocycles. The lowest BCUT2D eigenvalue weighted by atomic mass is 9.93. The van der Waals surface area contributed by atoms with E-state index in [9.17, 15) is 13.5 Å². The van der Waals surface area contributed by atoms with E-state index in [1.807, 2.05) is 18.2 Å². The van der Waals surface area contributed by atoms with Crippen LogP contribution in [0.1, 0.15) is 32.1 Å². The van der Waals surface area contributed by atoms with Gasteiger partial charge in [0.25, 0.3) is 0 Å². The Bertz CT molecular complexity index is 727. The van der Waals surface area contributed by atoms with Gasteiger partial charge in [-0.1, -0.05) is 39.0 Å². The number of thiophene rings is 1. The van der Waals surface area contributed by atoms with Gasteiger partial charge in [-0.15, -0.1) is 11.3 Å². The van der Waals surface area contributed by atoms with Crippen LogP contribution in [0.15, 0.2) is 29.2 Å². The Morgan fingerprint density at radius 1 is 1.24 bits per heavy atom. The van der Waals surface area contributed by atoms with E-state index < -0.39 is 10.0 Å². The van der Waals surface area contributed by atoms with Crippen LogP contribution >= 0.6 is 11.3 Å².